The molecule has 1 fully saturated rings. The Morgan fingerprint density at radius 1 is 1.52 bits per heavy atom. The lowest BCUT2D eigenvalue weighted by Gasteiger charge is -2.28. The van der Waals surface area contributed by atoms with Crippen molar-refractivity contribution in [1.29, 1.82) is 5.26 Å². The minimum Gasteiger partial charge on any atom is -0.490 e. The number of carbonyl (C=O) groups is 1. The molecule has 1 aromatic heterocycles. The fraction of sp³-hybridized carbons (Fsp3) is 0.588. The number of pyridine rings is 1. The number of carbonyl (C=O) groups excluding carboxylic acids is 1. The van der Waals surface area contributed by atoms with Crippen molar-refractivity contribution < 1.29 is 14.3 Å². The fourth-order valence-electron chi connectivity index (χ4n) is 2.51. The van der Waals surface area contributed by atoms with Gasteiger partial charge in [0.15, 0.2) is 0 Å². The average Bonchev–Trinajstić information content (AvgIpc) is 2.92. The number of ether oxygens (including phenoxy) is 2. The molecule has 6 nitrogen and oxygen atoms in total. The molecule has 2 rings (SSSR count). The molecule has 2 heterocycles. The van der Waals surface area contributed by atoms with Gasteiger partial charge in [-0.1, -0.05) is 0 Å². The molecule has 1 aliphatic rings. The van der Waals surface area contributed by atoms with Crippen LogP contribution >= 0.6 is 0 Å². The molecular formula is C17H23N3O3. The van der Waals surface area contributed by atoms with E-state index in [4.69, 9.17) is 14.7 Å². The van der Waals surface area contributed by atoms with E-state index >= 15 is 0 Å². The third-order valence-corrected chi connectivity index (χ3v) is 3.61. The predicted molar refractivity (Wildman–Crippen MR) is 85.1 cm³/mol. The van der Waals surface area contributed by atoms with Crippen LogP contribution in [-0.4, -0.2) is 40.8 Å². The van der Waals surface area contributed by atoms with Crippen molar-refractivity contribution in [2.75, 3.05) is 13.2 Å². The molecule has 1 amide bonds. The van der Waals surface area contributed by atoms with Gasteiger partial charge in [0.2, 0.25) is 0 Å². The van der Waals surface area contributed by atoms with E-state index < -0.39 is 5.60 Å². The van der Waals surface area contributed by atoms with Crippen molar-refractivity contribution in [3.63, 3.8) is 0 Å². The normalized spacial score (nSPS) is 17.7. The summed E-state index contributed by atoms with van der Waals surface area (Å²) in [6, 6.07) is 3.82. The van der Waals surface area contributed by atoms with Crippen molar-refractivity contribution >= 4 is 6.09 Å². The van der Waals surface area contributed by atoms with Gasteiger partial charge in [0.1, 0.15) is 29.7 Å². The summed E-state index contributed by atoms with van der Waals surface area (Å²) in [5.41, 5.74) is 0.674. The number of likely N-dealkylation sites (tertiary alicyclic amines) is 1. The summed E-state index contributed by atoms with van der Waals surface area (Å²) in [6.45, 7) is 8.48. The van der Waals surface area contributed by atoms with Crippen molar-refractivity contribution in [1.82, 2.24) is 9.88 Å². The lowest BCUT2D eigenvalue weighted by molar-refractivity contribution is 0.0187. The Balaban J connectivity index is 1.95. The van der Waals surface area contributed by atoms with Gasteiger partial charge in [-0.25, -0.2) is 9.78 Å². The second-order valence-electron chi connectivity index (χ2n) is 6.73. The molecule has 1 aliphatic heterocycles. The zero-order chi connectivity index (χ0) is 17.0. The van der Waals surface area contributed by atoms with E-state index in [0.717, 1.165) is 18.4 Å². The zero-order valence-corrected chi connectivity index (χ0v) is 14.1. The summed E-state index contributed by atoms with van der Waals surface area (Å²) in [5.74, 6) is 0.609. The van der Waals surface area contributed by atoms with E-state index in [9.17, 15) is 4.79 Å². The average molecular weight is 317 g/mol. The molecule has 0 bridgehead atoms. The number of aromatic nitrogens is 1. The number of nitriles is 1. The maximum atomic E-state index is 12.2. The first-order valence-corrected chi connectivity index (χ1v) is 7.79. The summed E-state index contributed by atoms with van der Waals surface area (Å²) in [7, 11) is 0. The van der Waals surface area contributed by atoms with Gasteiger partial charge in [-0.2, -0.15) is 5.26 Å². The number of amides is 1. The molecule has 1 atom stereocenters. The zero-order valence-electron chi connectivity index (χ0n) is 14.1. The number of hydrogen-bond donors (Lipinski definition) is 0. The largest absolute Gasteiger partial charge is 0.490 e. The second kappa shape index (κ2) is 6.86. The smallest absolute Gasteiger partial charge is 0.410 e. The first-order valence-electron chi connectivity index (χ1n) is 7.79. The Bertz CT molecular complexity index is 616. The summed E-state index contributed by atoms with van der Waals surface area (Å²) in [5, 5.41) is 8.89. The predicted octanol–water partition coefficient (Wildman–Crippen LogP) is 3.04. The Hall–Kier alpha value is -2.29. The first-order chi connectivity index (χ1) is 10.8. The van der Waals surface area contributed by atoms with Crippen LogP contribution in [0.5, 0.6) is 5.75 Å². The van der Waals surface area contributed by atoms with Crippen molar-refractivity contribution in [2.24, 2.45) is 0 Å². The minimum atomic E-state index is -0.501. The highest BCUT2D eigenvalue weighted by atomic mass is 16.6. The number of aryl methyl sites for hydroxylation is 1. The molecule has 0 aliphatic carbocycles. The number of rotatable bonds is 3. The van der Waals surface area contributed by atoms with Crippen LogP contribution < -0.4 is 4.74 Å². The van der Waals surface area contributed by atoms with Gasteiger partial charge in [0, 0.05) is 6.54 Å². The topological polar surface area (TPSA) is 75.4 Å². The first kappa shape index (κ1) is 17.1. The van der Waals surface area contributed by atoms with Gasteiger partial charge >= 0.3 is 6.09 Å². The Morgan fingerprint density at radius 3 is 2.87 bits per heavy atom. The molecule has 1 aromatic rings. The van der Waals surface area contributed by atoms with Crippen LogP contribution in [0.15, 0.2) is 12.3 Å². The van der Waals surface area contributed by atoms with Crippen LogP contribution in [0.25, 0.3) is 0 Å². The summed E-state index contributed by atoms with van der Waals surface area (Å²) in [4.78, 5) is 18.0. The Labute approximate surface area is 137 Å². The lowest BCUT2D eigenvalue weighted by Crippen LogP contribution is -2.42. The van der Waals surface area contributed by atoms with Gasteiger partial charge in [0.05, 0.1) is 12.2 Å². The van der Waals surface area contributed by atoms with Crippen LogP contribution in [0, 0.1) is 18.3 Å². The van der Waals surface area contributed by atoms with E-state index in [0.29, 0.717) is 24.6 Å². The molecular weight excluding hydrogens is 294 g/mol. The third-order valence-electron chi connectivity index (χ3n) is 3.61. The van der Waals surface area contributed by atoms with Crippen LogP contribution in [0.3, 0.4) is 0 Å². The molecule has 23 heavy (non-hydrogen) atoms. The van der Waals surface area contributed by atoms with Crippen molar-refractivity contribution in [3.8, 4) is 11.8 Å². The summed E-state index contributed by atoms with van der Waals surface area (Å²) in [6.07, 6.45) is 3.08. The van der Waals surface area contributed by atoms with Crippen molar-refractivity contribution in [2.45, 2.75) is 52.2 Å². The second-order valence-corrected chi connectivity index (χ2v) is 6.73. The highest BCUT2D eigenvalue weighted by Crippen LogP contribution is 2.22. The molecule has 0 unspecified atom stereocenters. The third kappa shape index (κ3) is 4.59. The molecule has 0 N–H and O–H groups in total. The van der Waals surface area contributed by atoms with Gasteiger partial charge in [-0.15, -0.1) is 0 Å². The standard InChI is InChI=1S/C17H23N3O3/c1-12-8-14(10-19-15(12)9-18)22-11-13-6-5-7-20(13)16(21)23-17(2,3)4/h8,10,13H,5-7,11H2,1-4H3/t13-/m0/s1. The lowest BCUT2D eigenvalue weighted by atomic mass is 10.2. The Kier molecular flexibility index (Phi) is 5.09. The molecule has 0 saturated carbocycles. The van der Waals surface area contributed by atoms with Gasteiger partial charge in [-0.3, -0.25) is 0 Å². The van der Waals surface area contributed by atoms with E-state index in [1.807, 2.05) is 33.8 Å². The van der Waals surface area contributed by atoms with Gasteiger partial charge in [0.25, 0.3) is 0 Å². The highest BCUT2D eigenvalue weighted by molar-refractivity contribution is 5.69. The van der Waals surface area contributed by atoms with Crippen LogP contribution in [0.1, 0.15) is 44.9 Å². The summed E-state index contributed by atoms with van der Waals surface area (Å²) < 4.78 is 11.2. The quantitative estimate of drug-likeness (QED) is 0.856. The van der Waals surface area contributed by atoms with Crippen LogP contribution in [0.4, 0.5) is 4.79 Å². The highest BCUT2D eigenvalue weighted by Gasteiger charge is 2.32. The van der Waals surface area contributed by atoms with E-state index in [1.165, 1.54) is 0 Å². The Morgan fingerprint density at radius 2 is 2.26 bits per heavy atom. The van der Waals surface area contributed by atoms with Gasteiger partial charge in [-0.05, 0) is 52.2 Å². The summed E-state index contributed by atoms with van der Waals surface area (Å²) >= 11 is 0. The van der Waals surface area contributed by atoms with Crippen LogP contribution in [-0.2, 0) is 4.74 Å². The monoisotopic (exact) mass is 317 g/mol. The maximum absolute atomic E-state index is 12.2. The van der Waals surface area contributed by atoms with E-state index in [-0.39, 0.29) is 12.1 Å². The molecule has 0 aromatic carbocycles. The SMILES string of the molecule is Cc1cc(OC[C@@H]2CCCN2C(=O)OC(C)(C)C)cnc1C#N. The molecule has 0 radical (unpaired) electrons. The molecule has 124 valence electrons. The number of hydrogen-bond acceptors (Lipinski definition) is 5. The maximum Gasteiger partial charge on any atom is 0.410 e. The van der Waals surface area contributed by atoms with E-state index in [2.05, 4.69) is 4.98 Å². The van der Waals surface area contributed by atoms with Crippen molar-refractivity contribution in [3.05, 3.63) is 23.5 Å². The van der Waals surface area contributed by atoms with Crippen LogP contribution in [0.2, 0.25) is 0 Å². The number of nitrogens with zero attached hydrogens (tertiary/aromatic N) is 3. The molecule has 1 saturated heterocycles. The molecule has 0 spiro atoms. The fourth-order valence-corrected chi connectivity index (χ4v) is 2.51. The van der Waals surface area contributed by atoms with Gasteiger partial charge < -0.3 is 14.4 Å². The minimum absolute atomic E-state index is 0.000740. The van der Waals surface area contributed by atoms with E-state index in [1.54, 1.807) is 17.2 Å². The molecule has 6 heteroatoms.